The Morgan fingerprint density at radius 2 is 2.16 bits per heavy atom. The molecule has 2 rings (SSSR count). The van der Waals surface area contributed by atoms with Gasteiger partial charge in [-0.2, -0.15) is 0 Å². The highest BCUT2D eigenvalue weighted by molar-refractivity contribution is 5.18. The molecule has 0 saturated carbocycles. The summed E-state index contributed by atoms with van der Waals surface area (Å²) >= 11 is 0. The molecule has 0 spiro atoms. The van der Waals surface area contributed by atoms with Gasteiger partial charge in [-0.1, -0.05) is 19.1 Å². The number of aliphatic hydroxyl groups is 1. The van der Waals surface area contributed by atoms with Crippen molar-refractivity contribution in [3.05, 3.63) is 35.6 Å². The van der Waals surface area contributed by atoms with Gasteiger partial charge in [-0.05, 0) is 37.0 Å². The SMILES string of the molecule is CC[C@H](NC[C@@H](O)c1ccc(F)cc1)[C@H]1CCCO1. The van der Waals surface area contributed by atoms with Crippen molar-refractivity contribution in [2.75, 3.05) is 13.2 Å². The van der Waals surface area contributed by atoms with E-state index in [1.807, 2.05) is 0 Å². The van der Waals surface area contributed by atoms with E-state index in [-0.39, 0.29) is 18.0 Å². The molecule has 1 heterocycles. The van der Waals surface area contributed by atoms with Crippen molar-refractivity contribution in [3.63, 3.8) is 0 Å². The Morgan fingerprint density at radius 1 is 1.42 bits per heavy atom. The van der Waals surface area contributed by atoms with Gasteiger partial charge in [0, 0.05) is 19.2 Å². The van der Waals surface area contributed by atoms with E-state index >= 15 is 0 Å². The summed E-state index contributed by atoms with van der Waals surface area (Å²) in [5, 5.41) is 13.4. The van der Waals surface area contributed by atoms with Crippen LogP contribution in [0.25, 0.3) is 0 Å². The van der Waals surface area contributed by atoms with Crippen molar-refractivity contribution in [1.29, 1.82) is 0 Å². The fourth-order valence-electron chi connectivity index (χ4n) is 2.52. The van der Waals surface area contributed by atoms with Crippen LogP contribution in [0.3, 0.4) is 0 Å². The summed E-state index contributed by atoms with van der Waals surface area (Å²) in [6, 6.07) is 6.26. The smallest absolute Gasteiger partial charge is 0.123 e. The molecular weight excluding hydrogens is 245 g/mol. The molecule has 0 aliphatic carbocycles. The van der Waals surface area contributed by atoms with E-state index in [0.29, 0.717) is 6.54 Å². The Hall–Kier alpha value is -0.970. The van der Waals surface area contributed by atoms with Crippen LogP contribution in [0.1, 0.15) is 37.9 Å². The fourth-order valence-corrected chi connectivity index (χ4v) is 2.52. The maximum atomic E-state index is 12.8. The van der Waals surface area contributed by atoms with Gasteiger partial charge in [0.15, 0.2) is 0 Å². The number of halogens is 1. The van der Waals surface area contributed by atoms with Gasteiger partial charge in [0.1, 0.15) is 5.82 Å². The second-order valence-electron chi connectivity index (χ2n) is 5.04. The molecule has 1 fully saturated rings. The van der Waals surface area contributed by atoms with Crippen molar-refractivity contribution in [2.45, 2.75) is 44.4 Å². The highest BCUT2D eigenvalue weighted by atomic mass is 19.1. The summed E-state index contributed by atoms with van der Waals surface area (Å²) in [4.78, 5) is 0. The molecule has 1 aromatic rings. The minimum Gasteiger partial charge on any atom is -0.387 e. The topological polar surface area (TPSA) is 41.5 Å². The second kappa shape index (κ2) is 6.98. The fraction of sp³-hybridized carbons (Fsp3) is 0.600. The van der Waals surface area contributed by atoms with E-state index in [2.05, 4.69) is 12.2 Å². The lowest BCUT2D eigenvalue weighted by Gasteiger charge is -2.24. The summed E-state index contributed by atoms with van der Waals surface area (Å²) < 4.78 is 18.5. The van der Waals surface area contributed by atoms with Crippen molar-refractivity contribution in [3.8, 4) is 0 Å². The number of benzene rings is 1. The minimum atomic E-state index is -0.615. The lowest BCUT2D eigenvalue weighted by molar-refractivity contribution is 0.0698. The van der Waals surface area contributed by atoms with Gasteiger partial charge in [-0.15, -0.1) is 0 Å². The third-order valence-corrected chi connectivity index (χ3v) is 3.68. The first kappa shape index (κ1) is 14.4. The normalized spacial score (nSPS) is 22.4. The van der Waals surface area contributed by atoms with Gasteiger partial charge in [0.25, 0.3) is 0 Å². The first-order chi connectivity index (χ1) is 9.20. The van der Waals surface area contributed by atoms with Crippen LogP contribution in [-0.2, 0) is 4.74 Å². The predicted octanol–water partition coefficient (Wildman–Crippen LogP) is 2.41. The van der Waals surface area contributed by atoms with E-state index in [1.54, 1.807) is 12.1 Å². The van der Waals surface area contributed by atoms with Crippen LogP contribution < -0.4 is 5.32 Å². The molecule has 0 amide bonds. The summed E-state index contributed by atoms with van der Waals surface area (Å²) in [7, 11) is 0. The molecule has 1 saturated heterocycles. The number of hydrogen-bond acceptors (Lipinski definition) is 3. The van der Waals surface area contributed by atoms with Gasteiger partial charge in [-0.25, -0.2) is 4.39 Å². The van der Waals surface area contributed by atoms with Gasteiger partial charge in [0.2, 0.25) is 0 Å². The summed E-state index contributed by atoms with van der Waals surface area (Å²) in [5.41, 5.74) is 0.732. The molecule has 0 unspecified atom stereocenters. The third kappa shape index (κ3) is 4.00. The van der Waals surface area contributed by atoms with Gasteiger partial charge < -0.3 is 15.2 Å². The maximum Gasteiger partial charge on any atom is 0.123 e. The Balaban J connectivity index is 1.84. The summed E-state index contributed by atoms with van der Waals surface area (Å²) in [6.45, 7) is 3.41. The van der Waals surface area contributed by atoms with Crippen LogP contribution in [0.2, 0.25) is 0 Å². The Labute approximate surface area is 113 Å². The highest BCUT2D eigenvalue weighted by Gasteiger charge is 2.24. The van der Waals surface area contributed by atoms with Crippen LogP contribution >= 0.6 is 0 Å². The zero-order chi connectivity index (χ0) is 13.7. The van der Waals surface area contributed by atoms with E-state index in [4.69, 9.17) is 4.74 Å². The molecule has 1 aromatic carbocycles. The molecule has 3 nitrogen and oxygen atoms in total. The quantitative estimate of drug-likeness (QED) is 0.831. The molecule has 0 aromatic heterocycles. The average Bonchev–Trinajstić information content (AvgIpc) is 2.94. The average molecular weight is 267 g/mol. The van der Waals surface area contributed by atoms with Crippen LogP contribution in [0.4, 0.5) is 4.39 Å². The molecule has 3 atom stereocenters. The zero-order valence-electron chi connectivity index (χ0n) is 11.3. The van der Waals surface area contributed by atoms with Crippen molar-refractivity contribution >= 4 is 0 Å². The number of rotatable bonds is 6. The van der Waals surface area contributed by atoms with Crippen LogP contribution in [0.5, 0.6) is 0 Å². The second-order valence-corrected chi connectivity index (χ2v) is 5.04. The van der Waals surface area contributed by atoms with Gasteiger partial charge >= 0.3 is 0 Å². The molecule has 4 heteroatoms. The molecule has 0 radical (unpaired) electrons. The van der Waals surface area contributed by atoms with Crippen LogP contribution in [0.15, 0.2) is 24.3 Å². The van der Waals surface area contributed by atoms with Gasteiger partial charge in [0.05, 0.1) is 12.2 Å². The predicted molar refractivity (Wildman–Crippen MR) is 72.4 cm³/mol. The summed E-state index contributed by atoms with van der Waals surface area (Å²) in [6.07, 6.45) is 2.81. The van der Waals surface area contributed by atoms with Crippen LogP contribution in [-0.4, -0.2) is 30.4 Å². The van der Waals surface area contributed by atoms with E-state index in [1.165, 1.54) is 12.1 Å². The Morgan fingerprint density at radius 3 is 2.74 bits per heavy atom. The molecular formula is C15H22FNO2. The zero-order valence-corrected chi connectivity index (χ0v) is 11.3. The standard InChI is InChI=1S/C15H22FNO2/c1-2-13(15-4-3-9-19-15)17-10-14(18)11-5-7-12(16)8-6-11/h5-8,13-15,17-18H,2-4,9-10H2,1H3/t13-,14+,15+/m0/s1. The minimum absolute atomic E-state index is 0.255. The molecule has 2 N–H and O–H groups in total. The first-order valence-electron chi connectivity index (χ1n) is 6.99. The maximum absolute atomic E-state index is 12.8. The lowest BCUT2D eigenvalue weighted by atomic mass is 10.0. The van der Waals surface area contributed by atoms with E-state index in [9.17, 15) is 9.50 Å². The van der Waals surface area contributed by atoms with E-state index in [0.717, 1.165) is 31.4 Å². The molecule has 1 aliphatic heterocycles. The van der Waals surface area contributed by atoms with Gasteiger partial charge in [-0.3, -0.25) is 0 Å². The Kier molecular flexibility index (Phi) is 5.31. The summed E-state index contributed by atoms with van der Waals surface area (Å²) in [5.74, 6) is -0.283. The molecule has 106 valence electrons. The number of hydrogen-bond donors (Lipinski definition) is 2. The largest absolute Gasteiger partial charge is 0.387 e. The highest BCUT2D eigenvalue weighted by Crippen LogP contribution is 2.19. The number of ether oxygens (including phenoxy) is 1. The Bertz CT molecular complexity index is 376. The number of aliphatic hydroxyl groups excluding tert-OH is 1. The number of nitrogens with one attached hydrogen (secondary N) is 1. The first-order valence-corrected chi connectivity index (χ1v) is 6.99. The van der Waals surface area contributed by atoms with Crippen molar-refractivity contribution < 1.29 is 14.2 Å². The van der Waals surface area contributed by atoms with Crippen LogP contribution in [0, 0.1) is 5.82 Å². The third-order valence-electron chi connectivity index (χ3n) is 3.68. The van der Waals surface area contributed by atoms with E-state index < -0.39 is 6.10 Å². The van der Waals surface area contributed by atoms with Crippen molar-refractivity contribution in [1.82, 2.24) is 5.32 Å². The molecule has 0 bridgehead atoms. The molecule has 19 heavy (non-hydrogen) atoms. The lowest BCUT2D eigenvalue weighted by Crippen LogP contribution is -2.41. The molecule has 1 aliphatic rings. The van der Waals surface area contributed by atoms with Crippen molar-refractivity contribution in [2.24, 2.45) is 0 Å². The monoisotopic (exact) mass is 267 g/mol.